The number of aliphatic hydroxyl groups is 6. The van der Waals surface area contributed by atoms with E-state index >= 15 is 0 Å². The van der Waals surface area contributed by atoms with Crippen molar-refractivity contribution in [3.05, 3.63) is 0 Å². The number of hydrogen-bond donors (Lipinski definition) is 8. The van der Waals surface area contributed by atoms with E-state index in [0.717, 1.165) is 38.5 Å². The van der Waals surface area contributed by atoms with Gasteiger partial charge in [-0.3, -0.25) is 13.8 Å². The van der Waals surface area contributed by atoms with Crippen LogP contribution in [0, 0.1) is 0 Å². The Morgan fingerprint density at radius 1 is 0.395 bits per heavy atom. The zero-order valence-corrected chi connectivity index (χ0v) is 50.5. The molecule has 1 aliphatic carbocycles. The summed E-state index contributed by atoms with van der Waals surface area (Å²) in [6.07, 6.45) is 51.7. The molecule has 6 unspecified atom stereocenters. The van der Waals surface area contributed by atoms with Crippen LogP contribution in [0.3, 0.4) is 0 Å². The van der Waals surface area contributed by atoms with E-state index in [2.05, 4.69) is 19.2 Å². The Morgan fingerprint density at radius 2 is 0.632 bits per heavy atom. The number of nitrogens with one attached hydrogen (secondary N) is 1. The first kappa shape index (κ1) is 73.4. The van der Waals surface area contributed by atoms with E-state index in [0.29, 0.717) is 19.3 Å². The minimum atomic E-state index is -5.06. The highest BCUT2D eigenvalue weighted by Gasteiger charge is 2.51. The van der Waals surface area contributed by atoms with Gasteiger partial charge in [-0.2, -0.15) is 0 Å². The SMILES string of the molecule is CCCCCCCCCCCCCCCCCCCCCCCCCCCCCCCCCCC(=O)N[C@@H](COP(=O)(O)OC1C(O)C(O)C(O)[C@@H](O)C1O)[C@H](O)CCCCCCCCCCCCCCCCCCC. The molecule has 0 radical (unpaired) electrons. The molecule has 13 heteroatoms. The first-order valence-electron chi connectivity index (χ1n) is 33.0. The van der Waals surface area contributed by atoms with Crippen molar-refractivity contribution in [2.24, 2.45) is 0 Å². The number of unbranched alkanes of at least 4 members (excludes halogenated alkanes) is 47. The van der Waals surface area contributed by atoms with Crippen molar-refractivity contribution in [1.82, 2.24) is 5.32 Å². The van der Waals surface area contributed by atoms with Gasteiger partial charge in [-0.25, -0.2) is 4.57 Å². The third-order valence-corrected chi connectivity index (χ3v) is 17.4. The molecular formula is C63H126NO11P. The van der Waals surface area contributed by atoms with Crippen molar-refractivity contribution in [3.63, 3.8) is 0 Å². The average molecular weight is 1100 g/mol. The number of phosphoric acid groups is 1. The Morgan fingerprint density at radius 3 is 0.908 bits per heavy atom. The van der Waals surface area contributed by atoms with Crippen LogP contribution in [0.25, 0.3) is 0 Å². The zero-order chi connectivity index (χ0) is 55.6. The van der Waals surface area contributed by atoms with Crippen molar-refractivity contribution in [3.8, 4) is 0 Å². The van der Waals surface area contributed by atoms with Crippen LogP contribution in [0.2, 0.25) is 0 Å². The van der Waals surface area contributed by atoms with E-state index in [-0.39, 0.29) is 12.3 Å². The first-order valence-corrected chi connectivity index (χ1v) is 34.5. The van der Waals surface area contributed by atoms with E-state index < -0.39 is 63.2 Å². The Hall–Kier alpha value is -0.660. The largest absolute Gasteiger partial charge is 0.472 e. The highest BCUT2D eigenvalue weighted by Crippen LogP contribution is 2.47. The zero-order valence-electron chi connectivity index (χ0n) is 49.6. The lowest BCUT2D eigenvalue weighted by molar-refractivity contribution is -0.220. The van der Waals surface area contributed by atoms with E-state index in [1.165, 1.54) is 263 Å². The van der Waals surface area contributed by atoms with Gasteiger partial charge >= 0.3 is 7.82 Å². The summed E-state index contributed by atoms with van der Waals surface area (Å²) in [5, 5.41) is 64.6. The van der Waals surface area contributed by atoms with Gasteiger partial charge in [-0.15, -0.1) is 0 Å². The molecule has 454 valence electrons. The second kappa shape index (κ2) is 52.4. The van der Waals surface area contributed by atoms with Crippen LogP contribution in [0.15, 0.2) is 0 Å². The minimum absolute atomic E-state index is 0.244. The van der Waals surface area contributed by atoms with Gasteiger partial charge in [0, 0.05) is 6.42 Å². The summed E-state index contributed by atoms with van der Waals surface area (Å²) in [5.74, 6) is -0.298. The van der Waals surface area contributed by atoms with E-state index in [4.69, 9.17) is 9.05 Å². The summed E-state index contributed by atoms with van der Waals surface area (Å²) < 4.78 is 23.2. The molecule has 8 N–H and O–H groups in total. The summed E-state index contributed by atoms with van der Waals surface area (Å²) in [4.78, 5) is 23.6. The number of carbonyl (C=O) groups is 1. The molecule has 0 heterocycles. The topological polar surface area (TPSA) is 206 Å². The van der Waals surface area contributed by atoms with Crippen LogP contribution in [0.1, 0.15) is 341 Å². The molecule has 0 aromatic heterocycles. The first-order chi connectivity index (χ1) is 36.9. The number of hydrogen-bond acceptors (Lipinski definition) is 10. The third-order valence-electron chi connectivity index (χ3n) is 16.4. The second-order valence-electron chi connectivity index (χ2n) is 23.7. The maximum atomic E-state index is 13.1. The summed E-state index contributed by atoms with van der Waals surface area (Å²) in [5.41, 5.74) is 0. The van der Waals surface area contributed by atoms with Crippen molar-refractivity contribution >= 4 is 13.7 Å². The molecule has 1 saturated carbocycles. The van der Waals surface area contributed by atoms with Gasteiger partial charge in [0.15, 0.2) is 0 Å². The van der Waals surface area contributed by atoms with Gasteiger partial charge in [0.1, 0.15) is 36.6 Å². The molecule has 76 heavy (non-hydrogen) atoms. The number of carbonyl (C=O) groups excluding carboxylic acids is 1. The van der Waals surface area contributed by atoms with Crippen molar-refractivity contribution in [2.75, 3.05) is 6.61 Å². The molecule has 1 fully saturated rings. The van der Waals surface area contributed by atoms with Crippen LogP contribution < -0.4 is 5.32 Å². The van der Waals surface area contributed by atoms with Crippen LogP contribution >= 0.6 is 7.82 Å². The lowest BCUT2D eigenvalue weighted by Crippen LogP contribution is -2.64. The third kappa shape index (κ3) is 42.2. The molecule has 1 rings (SSSR count). The fourth-order valence-electron chi connectivity index (χ4n) is 11.1. The monoisotopic (exact) mass is 1100 g/mol. The Balaban J connectivity index is 2.19. The average Bonchev–Trinajstić information content (AvgIpc) is 3.41. The predicted molar refractivity (Wildman–Crippen MR) is 315 cm³/mol. The molecule has 0 aliphatic heterocycles. The molecule has 12 nitrogen and oxygen atoms in total. The molecule has 0 aromatic carbocycles. The summed E-state index contributed by atoms with van der Waals surface area (Å²) in [6.45, 7) is 3.96. The Labute approximate surface area is 467 Å². The van der Waals surface area contributed by atoms with Gasteiger partial charge < -0.3 is 40.8 Å². The lowest BCUT2D eigenvalue weighted by atomic mass is 9.85. The highest BCUT2D eigenvalue weighted by atomic mass is 31.2. The molecule has 0 saturated heterocycles. The number of rotatable bonds is 58. The quantitative estimate of drug-likeness (QED) is 0.0212. The fourth-order valence-corrected chi connectivity index (χ4v) is 12.1. The Bertz CT molecular complexity index is 1280. The van der Waals surface area contributed by atoms with E-state index in [1.54, 1.807) is 0 Å². The van der Waals surface area contributed by atoms with E-state index in [9.17, 15) is 44.9 Å². The van der Waals surface area contributed by atoms with Crippen molar-refractivity contribution < 1.29 is 53.9 Å². The normalized spacial score (nSPS) is 20.5. The van der Waals surface area contributed by atoms with Gasteiger partial charge in [-0.1, -0.05) is 322 Å². The van der Waals surface area contributed by atoms with Crippen LogP contribution in [-0.4, -0.2) is 96.8 Å². The second-order valence-corrected chi connectivity index (χ2v) is 25.1. The molecule has 0 aromatic rings. The Kier molecular flexibility index (Phi) is 50.6. The number of phosphoric ester groups is 1. The maximum absolute atomic E-state index is 13.1. The van der Waals surface area contributed by atoms with Gasteiger partial charge in [0.05, 0.1) is 18.8 Å². The number of aliphatic hydroxyl groups excluding tert-OH is 6. The predicted octanol–water partition coefficient (Wildman–Crippen LogP) is 16.1. The molecule has 1 aliphatic rings. The minimum Gasteiger partial charge on any atom is -0.391 e. The van der Waals surface area contributed by atoms with Gasteiger partial charge in [0.25, 0.3) is 0 Å². The molecular weight excluding hydrogens is 978 g/mol. The fraction of sp³-hybridized carbons (Fsp3) is 0.984. The molecule has 9 atom stereocenters. The van der Waals surface area contributed by atoms with Gasteiger partial charge in [0.2, 0.25) is 5.91 Å². The molecule has 0 bridgehead atoms. The summed E-state index contributed by atoms with van der Waals surface area (Å²) in [7, 11) is -5.06. The molecule has 0 spiro atoms. The lowest BCUT2D eigenvalue weighted by Gasteiger charge is -2.41. The summed E-state index contributed by atoms with van der Waals surface area (Å²) in [6, 6.07) is -1.03. The summed E-state index contributed by atoms with van der Waals surface area (Å²) >= 11 is 0. The van der Waals surface area contributed by atoms with Crippen molar-refractivity contribution in [2.45, 2.75) is 390 Å². The molecule has 1 amide bonds. The maximum Gasteiger partial charge on any atom is 0.472 e. The number of amides is 1. The van der Waals surface area contributed by atoms with Crippen molar-refractivity contribution in [1.29, 1.82) is 0 Å². The smallest absolute Gasteiger partial charge is 0.391 e. The van der Waals surface area contributed by atoms with Crippen LogP contribution in [-0.2, 0) is 18.4 Å². The van der Waals surface area contributed by atoms with E-state index in [1.807, 2.05) is 0 Å². The standard InChI is InChI=1S/C63H126NO11P/c1-3-5-7-9-11-13-15-17-19-21-22-23-24-25-26-27-28-29-30-31-32-33-34-35-37-39-41-43-45-47-49-51-53-57(66)64-55(54-74-76(72,73)75-63-61(70)59(68)58(67)60(69)62(63)71)56(65)52-50-48-46-44-42-40-38-36-20-18-16-14-12-10-8-6-4-2/h55-56,58-63,65,67-71H,3-54H2,1-2H3,(H,64,66)(H,72,73)/t55-,56+,58?,59+,60?,61?,62?,63?/m0/s1. The van der Waals surface area contributed by atoms with Gasteiger partial charge in [-0.05, 0) is 12.8 Å². The van der Waals surface area contributed by atoms with Crippen LogP contribution in [0.4, 0.5) is 0 Å². The highest BCUT2D eigenvalue weighted by molar-refractivity contribution is 7.47. The van der Waals surface area contributed by atoms with Crippen LogP contribution in [0.5, 0.6) is 0 Å².